The highest BCUT2D eigenvalue weighted by Crippen LogP contribution is 2.50. The van der Waals surface area contributed by atoms with Gasteiger partial charge in [0.15, 0.2) is 0 Å². The number of aromatic nitrogens is 3. The van der Waals surface area contributed by atoms with Crippen LogP contribution in [0.2, 0.25) is 0 Å². The first kappa shape index (κ1) is 73.9. The molecule has 0 bridgehead atoms. The van der Waals surface area contributed by atoms with Crippen molar-refractivity contribution in [3.05, 3.63) is 455 Å². The van der Waals surface area contributed by atoms with Crippen LogP contribution in [0.4, 0.5) is 0 Å². The fraction of sp³-hybridized carbons (Fsp3) is 0. The maximum Gasteiger partial charge on any atom is 0.144 e. The van der Waals surface area contributed by atoms with Gasteiger partial charge in [-0.2, -0.15) is 0 Å². The third-order valence-corrected chi connectivity index (χ3v) is 25.4. The molecular formula is C121H75N3O3. The summed E-state index contributed by atoms with van der Waals surface area (Å²) in [7, 11) is 0. The molecule has 0 unspecified atom stereocenters. The summed E-state index contributed by atoms with van der Waals surface area (Å²) in [6, 6.07) is 154. The lowest BCUT2D eigenvalue weighted by Gasteiger charge is -2.17. The molecule has 20 aromatic carbocycles. The Hall–Kier alpha value is -16.9. The molecule has 6 nitrogen and oxygen atoms in total. The predicted molar refractivity (Wildman–Crippen MR) is 531 cm³/mol. The molecule has 127 heavy (non-hydrogen) atoms. The second-order valence-electron chi connectivity index (χ2n) is 32.5. The van der Waals surface area contributed by atoms with E-state index in [4.69, 9.17) is 28.2 Å². The van der Waals surface area contributed by atoms with Crippen molar-refractivity contribution in [3.8, 4) is 112 Å². The number of benzene rings is 20. The van der Waals surface area contributed by atoms with Gasteiger partial charge in [0.2, 0.25) is 0 Å². The number of pyridine rings is 3. The Morgan fingerprint density at radius 2 is 0.465 bits per heavy atom. The van der Waals surface area contributed by atoms with Crippen LogP contribution in [0.5, 0.6) is 0 Å². The number of fused-ring (bicyclic) bond motifs is 17. The average Bonchev–Trinajstić information content (AvgIpc) is 1.73. The van der Waals surface area contributed by atoms with Crippen LogP contribution >= 0.6 is 0 Å². The van der Waals surface area contributed by atoms with Gasteiger partial charge >= 0.3 is 0 Å². The molecule has 0 aliphatic heterocycles. The van der Waals surface area contributed by atoms with E-state index in [0.29, 0.717) is 0 Å². The van der Waals surface area contributed by atoms with Gasteiger partial charge in [0.1, 0.15) is 33.5 Å². The lowest BCUT2D eigenvalue weighted by Crippen LogP contribution is -1.92. The van der Waals surface area contributed by atoms with Crippen molar-refractivity contribution in [2.75, 3.05) is 0 Å². The Morgan fingerprint density at radius 3 is 0.921 bits per heavy atom. The summed E-state index contributed by atoms with van der Waals surface area (Å²) in [5.41, 5.74) is 28.1. The van der Waals surface area contributed by atoms with Crippen molar-refractivity contribution in [1.82, 2.24) is 15.0 Å². The molecule has 0 saturated carbocycles. The van der Waals surface area contributed by atoms with Crippen molar-refractivity contribution in [2.45, 2.75) is 0 Å². The predicted octanol–water partition coefficient (Wildman–Crippen LogP) is 33.7. The first-order valence-corrected chi connectivity index (χ1v) is 43.2. The molecule has 6 heterocycles. The van der Waals surface area contributed by atoms with Crippen LogP contribution in [0.15, 0.2) is 469 Å². The van der Waals surface area contributed by atoms with Crippen molar-refractivity contribution < 1.29 is 13.3 Å². The van der Waals surface area contributed by atoms with E-state index in [1.54, 1.807) is 0 Å². The number of furan rings is 3. The molecule has 0 spiro atoms. The molecule has 26 aromatic rings. The minimum absolute atomic E-state index is 0.872. The highest BCUT2D eigenvalue weighted by Gasteiger charge is 2.24. The molecule has 0 radical (unpaired) electrons. The smallest absolute Gasteiger partial charge is 0.144 e. The zero-order chi connectivity index (χ0) is 83.8. The standard InChI is InChI=1S/C43H27NO.C41H25NO.C37H23NO/c1-2-10-30(11-3-1)42-34-13-4-6-15-36(34)43(37-16-7-5-14-35(37)42)32-22-24-39(44-27-32)29-20-18-28(19-21-29)31-23-25-41-38(26-31)33-12-8-9-17-40(33)45-41;1-2-12-27(13-3-1)38-30-15-6-8-17-32(30)39(33-18-9-7-16-31(33)38)28-22-24-37(42-25-28)36-20-10-19-34-35-23-21-26-11-4-5-14-29(26)40(35)43-41(34)36;1-2-11-24(12-3-1)35-26-13-4-6-15-28(26)36(29-16-7-5-14-27(29)35)25-21-22-32(38-23-25)30-18-10-20-34-37(30)31-17-8-9-19-33(31)39-34/h1-27H;1-25H;1-23H. The fourth-order valence-corrected chi connectivity index (χ4v) is 19.6. The van der Waals surface area contributed by atoms with Gasteiger partial charge in [-0.05, 0) is 192 Å². The molecule has 6 heteroatoms. The summed E-state index contributed by atoms with van der Waals surface area (Å²) < 4.78 is 18.7. The van der Waals surface area contributed by atoms with Gasteiger partial charge in [-0.25, -0.2) is 0 Å². The largest absolute Gasteiger partial charge is 0.456 e. The first-order chi connectivity index (χ1) is 63.0. The monoisotopic (exact) mass is 1620 g/mol. The number of para-hydroxylation sites is 3. The number of rotatable bonds is 10. The molecule has 0 N–H and O–H groups in total. The molecule has 6 aromatic heterocycles. The van der Waals surface area contributed by atoms with E-state index in [-0.39, 0.29) is 0 Å². The summed E-state index contributed by atoms with van der Waals surface area (Å²) in [5, 5.41) is 23.9. The van der Waals surface area contributed by atoms with Crippen LogP contribution < -0.4 is 0 Å². The number of hydrogen-bond donors (Lipinski definition) is 0. The molecule has 0 aliphatic rings. The van der Waals surface area contributed by atoms with E-state index in [9.17, 15) is 0 Å². The van der Waals surface area contributed by atoms with Crippen LogP contribution in [0.3, 0.4) is 0 Å². The normalized spacial score (nSPS) is 11.6. The van der Waals surface area contributed by atoms with Crippen LogP contribution in [0, 0.1) is 0 Å². The van der Waals surface area contributed by atoms with E-state index >= 15 is 0 Å². The summed E-state index contributed by atoms with van der Waals surface area (Å²) in [6.45, 7) is 0. The average molecular weight is 1620 g/mol. The molecule has 0 fully saturated rings. The topological polar surface area (TPSA) is 78.1 Å². The molecule has 592 valence electrons. The number of nitrogens with zero attached hydrogens (tertiary/aromatic N) is 3. The van der Waals surface area contributed by atoms with Crippen LogP contribution in [0.25, 0.3) is 253 Å². The summed E-state index contributed by atoms with van der Waals surface area (Å²) in [6.07, 6.45) is 6.06. The van der Waals surface area contributed by atoms with Crippen molar-refractivity contribution in [1.29, 1.82) is 0 Å². The lowest BCUT2D eigenvalue weighted by molar-refractivity contribution is 0.668. The fourth-order valence-electron chi connectivity index (χ4n) is 19.6. The molecular weight excluding hydrogens is 1540 g/mol. The van der Waals surface area contributed by atoms with Gasteiger partial charge < -0.3 is 13.3 Å². The van der Waals surface area contributed by atoms with E-state index in [1.165, 1.54) is 131 Å². The number of hydrogen-bond acceptors (Lipinski definition) is 6. The SMILES string of the molecule is c1ccc(-c2c3ccccc3c(-c3ccc(-c4ccc(-c5ccc6oc7ccccc7c6c5)cc4)nc3)c3ccccc23)cc1.c1ccc(-c2c3ccccc3c(-c3ccc(-c4cccc5c4oc4c6ccccc6ccc54)nc3)c3ccccc23)cc1.c1ccc(-c2c3ccccc3c(-c3ccc(-c4cccc5oc6ccccc6c45)nc3)c3ccccc23)cc1. The van der Waals surface area contributed by atoms with E-state index in [1.807, 2.05) is 55.0 Å². The first-order valence-electron chi connectivity index (χ1n) is 43.2. The molecule has 0 aliphatic carbocycles. The lowest BCUT2D eigenvalue weighted by atomic mass is 9.86. The zero-order valence-electron chi connectivity index (χ0n) is 68.9. The van der Waals surface area contributed by atoms with Crippen molar-refractivity contribution in [2.24, 2.45) is 0 Å². The Labute approximate surface area is 731 Å². The van der Waals surface area contributed by atoms with Crippen molar-refractivity contribution in [3.63, 3.8) is 0 Å². The molecule has 0 amide bonds. The third kappa shape index (κ3) is 12.8. The second-order valence-corrected chi connectivity index (χ2v) is 32.5. The van der Waals surface area contributed by atoms with Gasteiger partial charge in [-0.15, -0.1) is 0 Å². The quantitative estimate of drug-likeness (QED) is 0.127. The minimum atomic E-state index is 0.872. The van der Waals surface area contributed by atoms with Crippen LogP contribution in [0.1, 0.15) is 0 Å². The summed E-state index contributed by atoms with van der Waals surface area (Å²) in [4.78, 5) is 15.0. The van der Waals surface area contributed by atoms with Gasteiger partial charge in [-0.1, -0.05) is 376 Å². The van der Waals surface area contributed by atoms with Crippen LogP contribution in [-0.2, 0) is 0 Å². The maximum absolute atomic E-state index is 6.60. The Kier molecular flexibility index (Phi) is 18.2. The highest BCUT2D eigenvalue weighted by molar-refractivity contribution is 6.25. The Balaban J connectivity index is 0.000000107. The summed E-state index contributed by atoms with van der Waals surface area (Å²) >= 11 is 0. The Bertz CT molecular complexity index is 8610. The molecule has 26 rings (SSSR count). The third-order valence-electron chi connectivity index (χ3n) is 25.4. The van der Waals surface area contributed by atoms with Gasteiger partial charge in [-0.3, -0.25) is 15.0 Å². The Morgan fingerprint density at radius 1 is 0.150 bits per heavy atom. The molecule has 0 saturated heterocycles. The molecule has 0 atom stereocenters. The second kappa shape index (κ2) is 31.2. The van der Waals surface area contributed by atoms with Crippen molar-refractivity contribution >= 4 is 141 Å². The highest BCUT2D eigenvalue weighted by atomic mass is 16.3. The van der Waals surface area contributed by atoms with E-state index in [0.717, 1.165) is 122 Å². The van der Waals surface area contributed by atoms with E-state index < -0.39 is 0 Å². The maximum atomic E-state index is 6.60. The van der Waals surface area contributed by atoms with Crippen LogP contribution in [-0.4, -0.2) is 15.0 Å². The van der Waals surface area contributed by atoms with Gasteiger partial charge in [0.25, 0.3) is 0 Å². The van der Waals surface area contributed by atoms with E-state index in [2.05, 4.69) is 400 Å². The minimum Gasteiger partial charge on any atom is -0.456 e. The van der Waals surface area contributed by atoms with Gasteiger partial charge in [0.05, 0.1) is 17.1 Å². The summed E-state index contributed by atoms with van der Waals surface area (Å²) in [5.74, 6) is 0. The van der Waals surface area contributed by atoms with Gasteiger partial charge in [0, 0.05) is 89.7 Å². The zero-order valence-corrected chi connectivity index (χ0v) is 68.9.